The molecule has 1 saturated heterocycles. The molecule has 0 atom stereocenters. The molecular formula is C27H29N3O2S2. The summed E-state index contributed by atoms with van der Waals surface area (Å²) in [6, 6.07) is 22.5. The Morgan fingerprint density at radius 3 is 2.41 bits per heavy atom. The van der Waals surface area contributed by atoms with Crippen LogP contribution in [0.5, 0.6) is 0 Å². The van der Waals surface area contributed by atoms with Crippen molar-refractivity contribution >= 4 is 45.7 Å². The number of hydrogen-bond donors (Lipinski definition) is 1. The molecule has 2 aromatic carbocycles. The van der Waals surface area contributed by atoms with Crippen LogP contribution in [0.25, 0.3) is 6.08 Å². The lowest BCUT2D eigenvalue weighted by Crippen LogP contribution is -2.49. The second kappa shape index (κ2) is 11.9. The number of thiophene rings is 1. The van der Waals surface area contributed by atoms with Crippen molar-refractivity contribution < 1.29 is 9.53 Å². The summed E-state index contributed by atoms with van der Waals surface area (Å²) in [7, 11) is 1.41. The molecule has 3 aromatic rings. The minimum Gasteiger partial charge on any atom is -0.465 e. The third-order valence-electron chi connectivity index (χ3n) is 5.76. The molecule has 0 aliphatic carbocycles. The van der Waals surface area contributed by atoms with Gasteiger partial charge in [-0.1, -0.05) is 72.8 Å². The van der Waals surface area contributed by atoms with Gasteiger partial charge >= 0.3 is 5.97 Å². The minimum atomic E-state index is -0.351. The molecule has 0 spiro atoms. The number of ether oxygens (including phenoxy) is 1. The van der Waals surface area contributed by atoms with Crippen LogP contribution in [0.2, 0.25) is 0 Å². The summed E-state index contributed by atoms with van der Waals surface area (Å²) in [5.74, 6) is -0.351. The average molecular weight is 492 g/mol. The molecule has 34 heavy (non-hydrogen) atoms. The fraction of sp³-hybridized carbons (Fsp3) is 0.259. The van der Waals surface area contributed by atoms with Crippen LogP contribution < -0.4 is 5.32 Å². The number of piperazine rings is 1. The van der Waals surface area contributed by atoms with Gasteiger partial charge in [-0.05, 0) is 29.4 Å². The Kier molecular flexibility index (Phi) is 8.46. The van der Waals surface area contributed by atoms with Crippen molar-refractivity contribution in [1.29, 1.82) is 0 Å². The Morgan fingerprint density at radius 1 is 1.06 bits per heavy atom. The maximum absolute atomic E-state index is 12.4. The van der Waals surface area contributed by atoms with Gasteiger partial charge in [0, 0.05) is 44.0 Å². The lowest BCUT2D eigenvalue weighted by molar-refractivity contribution is 0.0602. The number of rotatable bonds is 7. The van der Waals surface area contributed by atoms with Crippen LogP contribution in [0.3, 0.4) is 0 Å². The van der Waals surface area contributed by atoms with Gasteiger partial charge in [0.15, 0.2) is 5.11 Å². The van der Waals surface area contributed by atoms with E-state index in [1.54, 1.807) is 11.3 Å². The number of carbonyl (C=O) groups is 1. The van der Waals surface area contributed by atoms with Crippen LogP contribution in [0.1, 0.15) is 26.4 Å². The van der Waals surface area contributed by atoms with E-state index in [2.05, 4.69) is 63.7 Å². The van der Waals surface area contributed by atoms with Gasteiger partial charge in [0.2, 0.25) is 0 Å². The summed E-state index contributed by atoms with van der Waals surface area (Å²) in [6.45, 7) is 4.49. The van der Waals surface area contributed by atoms with Gasteiger partial charge in [-0.2, -0.15) is 0 Å². The third kappa shape index (κ3) is 6.53. The summed E-state index contributed by atoms with van der Waals surface area (Å²) >= 11 is 7.26. The van der Waals surface area contributed by atoms with Crippen LogP contribution in [0.4, 0.5) is 5.00 Å². The highest BCUT2D eigenvalue weighted by Gasteiger charge is 2.22. The number of thiocarbonyl (C=S) groups is 1. The van der Waals surface area contributed by atoms with Crippen molar-refractivity contribution in [3.8, 4) is 0 Å². The first-order chi connectivity index (χ1) is 16.6. The quantitative estimate of drug-likeness (QED) is 0.364. The molecule has 4 rings (SSSR count). The molecular weight excluding hydrogens is 462 g/mol. The van der Waals surface area contributed by atoms with Gasteiger partial charge in [-0.3, -0.25) is 4.90 Å². The number of anilines is 1. The van der Waals surface area contributed by atoms with Gasteiger partial charge in [0.25, 0.3) is 0 Å². The molecule has 1 aliphatic heterocycles. The fourth-order valence-corrected chi connectivity index (χ4v) is 5.32. The topological polar surface area (TPSA) is 44.8 Å². The summed E-state index contributed by atoms with van der Waals surface area (Å²) in [4.78, 5) is 18.1. The Balaban J connectivity index is 1.33. The predicted molar refractivity (Wildman–Crippen MR) is 145 cm³/mol. The molecule has 176 valence electrons. The average Bonchev–Trinajstić information content (AvgIpc) is 3.27. The highest BCUT2D eigenvalue weighted by Crippen LogP contribution is 2.31. The van der Waals surface area contributed by atoms with E-state index in [-0.39, 0.29) is 5.97 Å². The zero-order valence-corrected chi connectivity index (χ0v) is 20.9. The number of nitrogens with zero attached hydrogens (tertiary/aromatic N) is 2. The molecule has 7 heteroatoms. The molecule has 1 N–H and O–H groups in total. The SMILES string of the molecule is COC(=O)c1cc(Cc2ccccc2)sc1NC(=S)N1CCN(C/C=C/c2ccccc2)CC1. The maximum Gasteiger partial charge on any atom is 0.340 e. The van der Waals surface area contributed by atoms with Crippen molar-refractivity contribution in [1.82, 2.24) is 9.80 Å². The zero-order valence-electron chi connectivity index (χ0n) is 19.3. The molecule has 0 unspecified atom stereocenters. The fourth-order valence-electron chi connectivity index (χ4n) is 3.89. The van der Waals surface area contributed by atoms with Crippen LogP contribution in [0, 0.1) is 0 Å². The van der Waals surface area contributed by atoms with Crippen molar-refractivity contribution in [3.63, 3.8) is 0 Å². The van der Waals surface area contributed by atoms with Crippen LogP contribution in [-0.2, 0) is 11.2 Å². The van der Waals surface area contributed by atoms with E-state index in [1.807, 2.05) is 30.3 Å². The molecule has 1 aliphatic rings. The molecule has 0 saturated carbocycles. The first-order valence-corrected chi connectivity index (χ1v) is 12.6. The summed E-state index contributed by atoms with van der Waals surface area (Å²) < 4.78 is 5.01. The maximum atomic E-state index is 12.4. The van der Waals surface area contributed by atoms with Crippen molar-refractivity contribution in [2.75, 3.05) is 45.2 Å². The van der Waals surface area contributed by atoms with Crippen molar-refractivity contribution in [2.45, 2.75) is 6.42 Å². The van der Waals surface area contributed by atoms with Crippen LogP contribution in [0.15, 0.2) is 72.8 Å². The number of benzene rings is 2. The second-order valence-electron chi connectivity index (χ2n) is 8.14. The largest absolute Gasteiger partial charge is 0.465 e. The van der Waals surface area contributed by atoms with E-state index in [9.17, 15) is 4.79 Å². The predicted octanol–water partition coefficient (Wildman–Crippen LogP) is 5.15. The summed E-state index contributed by atoms with van der Waals surface area (Å²) in [5.41, 5.74) is 2.95. The van der Waals surface area contributed by atoms with Crippen LogP contribution in [-0.4, -0.2) is 60.7 Å². The van der Waals surface area contributed by atoms with Crippen LogP contribution >= 0.6 is 23.6 Å². The first kappa shape index (κ1) is 24.1. The van der Waals surface area contributed by atoms with E-state index >= 15 is 0 Å². The molecule has 1 fully saturated rings. The highest BCUT2D eigenvalue weighted by molar-refractivity contribution is 7.80. The lowest BCUT2D eigenvalue weighted by Gasteiger charge is -2.35. The van der Waals surface area contributed by atoms with Crippen molar-refractivity contribution in [2.24, 2.45) is 0 Å². The first-order valence-electron chi connectivity index (χ1n) is 11.4. The summed E-state index contributed by atoms with van der Waals surface area (Å²) in [6.07, 6.45) is 5.14. The molecule has 0 bridgehead atoms. The van der Waals surface area contributed by atoms with Crippen molar-refractivity contribution in [3.05, 3.63) is 94.4 Å². The molecule has 2 heterocycles. The van der Waals surface area contributed by atoms with E-state index in [0.717, 1.165) is 49.0 Å². The lowest BCUT2D eigenvalue weighted by atomic mass is 10.1. The van der Waals surface area contributed by atoms with E-state index in [0.29, 0.717) is 10.7 Å². The van der Waals surface area contributed by atoms with E-state index in [1.165, 1.54) is 18.2 Å². The normalized spacial score (nSPS) is 14.3. The van der Waals surface area contributed by atoms with Gasteiger partial charge in [-0.15, -0.1) is 11.3 Å². The van der Waals surface area contributed by atoms with E-state index in [4.69, 9.17) is 17.0 Å². The Bertz CT molecular complexity index is 1120. The third-order valence-corrected chi connectivity index (χ3v) is 7.17. The highest BCUT2D eigenvalue weighted by atomic mass is 32.1. The number of nitrogens with one attached hydrogen (secondary N) is 1. The standard InChI is InChI=1S/C27H29N3O2S2/c1-32-26(31)24-20-23(19-22-11-6-3-7-12-22)34-25(24)28-27(33)30-17-15-29(16-18-30)14-8-13-21-9-4-2-5-10-21/h2-13,20H,14-19H2,1H3,(H,28,33)/b13-8+. The number of methoxy groups -OCH3 is 1. The number of hydrogen-bond acceptors (Lipinski definition) is 5. The zero-order chi connectivity index (χ0) is 23.8. The van der Waals surface area contributed by atoms with Gasteiger partial charge in [0.1, 0.15) is 5.00 Å². The van der Waals surface area contributed by atoms with Gasteiger partial charge < -0.3 is 15.0 Å². The van der Waals surface area contributed by atoms with Gasteiger partial charge in [0.05, 0.1) is 12.7 Å². The monoisotopic (exact) mass is 491 g/mol. The summed E-state index contributed by atoms with van der Waals surface area (Å²) in [5, 5.41) is 4.72. The number of esters is 1. The molecule has 5 nitrogen and oxygen atoms in total. The number of carbonyl (C=O) groups excluding carboxylic acids is 1. The Morgan fingerprint density at radius 2 is 1.74 bits per heavy atom. The Hall–Kier alpha value is -3.00. The minimum absolute atomic E-state index is 0.351. The Labute approximate surface area is 210 Å². The molecule has 0 amide bonds. The molecule has 1 aromatic heterocycles. The second-order valence-corrected chi connectivity index (χ2v) is 9.66. The van der Waals surface area contributed by atoms with E-state index < -0.39 is 0 Å². The van der Waals surface area contributed by atoms with Gasteiger partial charge in [-0.25, -0.2) is 4.79 Å². The molecule has 0 radical (unpaired) electrons. The smallest absolute Gasteiger partial charge is 0.340 e.